The summed E-state index contributed by atoms with van der Waals surface area (Å²) in [6, 6.07) is 2.81. The quantitative estimate of drug-likeness (QED) is 0.816. The van der Waals surface area contributed by atoms with Gasteiger partial charge in [-0.2, -0.15) is 0 Å². The zero-order valence-electron chi connectivity index (χ0n) is 7.38. The number of carbonyl (C=O) groups excluding carboxylic acids is 1. The minimum Gasteiger partial charge on any atom is -0.495 e. The first-order valence-corrected chi connectivity index (χ1v) is 4.52. The Morgan fingerprint density at radius 1 is 1.43 bits per heavy atom. The average molecular weight is 235 g/mol. The monoisotopic (exact) mass is 234 g/mol. The van der Waals surface area contributed by atoms with Crippen LogP contribution >= 0.6 is 23.2 Å². The van der Waals surface area contributed by atoms with E-state index >= 15 is 0 Å². The molecule has 0 saturated heterocycles. The van der Waals surface area contributed by atoms with Gasteiger partial charge < -0.3 is 9.84 Å². The Balaban J connectivity index is 3.21. The molecule has 0 spiro atoms. The van der Waals surface area contributed by atoms with E-state index in [-0.39, 0.29) is 15.6 Å². The minimum absolute atomic E-state index is 0.194. The van der Waals surface area contributed by atoms with Crippen LogP contribution in [0.25, 0.3) is 0 Å². The first kappa shape index (κ1) is 11.3. The highest BCUT2D eigenvalue weighted by Crippen LogP contribution is 2.30. The summed E-state index contributed by atoms with van der Waals surface area (Å²) < 4.78 is 4.90. The number of methoxy groups -OCH3 is 1. The van der Waals surface area contributed by atoms with Gasteiger partial charge in [0.05, 0.1) is 17.2 Å². The SMILES string of the molecule is COc1cc(Cl)c(C(=O)CO)cc1Cl. The molecule has 0 atom stereocenters. The van der Waals surface area contributed by atoms with E-state index in [0.29, 0.717) is 5.75 Å². The highest BCUT2D eigenvalue weighted by Gasteiger charge is 2.13. The van der Waals surface area contributed by atoms with Crippen LogP contribution in [0.5, 0.6) is 5.75 Å². The van der Waals surface area contributed by atoms with Crippen molar-refractivity contribution in [3.63, 3.8) is 0 Å². The van der Waals surface area contributed by atoms with Crippen LogP contribution in [-0.2, 0) is 0 Å². The molecule has 1 aromatic carbocycles. The molecule has 1 aromatic rings. The van der Waals surface area contributed by atoms with E-state index in [1.807, 2.05) is 0 Å². The second kappa shape index (κ2) is 4.64. The first-order valence-electron chi connectivity index (χ1n) is 3.77. The van der Waals surface area contributed by atoms with Crippen LogP contribution in [0.1, 0.15) is 10.4 Å². The number of aliphatic hydroxyl groups is 1. The van der Waals surface area contributed by atoms with Crippen LogP contribution in [0, 0.1) is 0 Å². The minimum atomic E-state index is -0.595. The lowest BCUT2D eigenvalue weighted by Crippen LogP contribution is -2.05. The molecule has 0 bridgehead atoms. The van der Waals surface area contributed by atoms with Gasteiger partial charge in [0, 0.05) is 11.6 Å². The van der Waals surface area contributed by atoms with Crippen LogP contribution in [0.3, 0.4) is 0 Å². The molecule has 0 aliphatic rings. The predicted molar refractivity (Wildman–Crippen MR) is 54.4 cm³/mol. The van der Waals surface area contributed by atoms with Gasteiger partial charge in [0.15, 0.2) is 5.78 Å². The topological polar surface area (TPSA) is 46.5 Å². The number of hydrogen-bond donors (Lipinski definition) is 1. The lowest BCUT2D eigenvalue weighted by Gasteiger charge is -2.06. The van der Waals surface area contributed by atoms with Crippen molar-refractivity contribution in [3.05, 3.63) is 27.7 Å². The van der Waals surface area contributed by atoms with E-state index in [1.165, 1.54) is 19.2 Å². The molecular formula is C9H8Cl2O3. The number of hydrogen-bond acceptors (Lipinski definition) is 3. The van der Waals surface area contributed by atoms with Gasteiger partial charge in [0.1, 0.15) is 12.4 Å². The molecule has 0 aliphatic carbocycles. The molecule has 1 rings (SSSR count). The van der Waals surface area contributed by atoms with Crippen molar-refractivity contribution in [2.75, 3.05) is 13.7 Å². The summed E-state index contributed by atoms with van der Waals surface area (Å²) in [5.41, 5.74) is 0.194. The smallest absolute Gasteiger partial charge is 0.189 e. The third-order valence-corrected chi connectivity index (χ3v) is 2.29. The number of halogens is 2. The maximum atomic E-state index is 11.2. The average Bonchev–Trinajstić information content (AvgIpc) is 2.19. The molecule has 0 amide bonds. The summed E-state index contributed by atoms with van der Waals surface area (Å²) in [5.74, 6) is -0.0780. The number of aliphatic hydroxyl groups excluding tert-OH is 1. The van der Waals surface area contributed by atoms with Gasteiger partial charge in [-0.15, -0.1) is 0 Å². The molecule has 0 fully saturated rings. The summed E-state index contributed by atoms with van der Waals surface area (Å²) in [5, 5.41) is 9.15. The molecule has 1 N–H and O–H groups in total. The normalized spacial score (nSPS) is 10.0. The van der Waals surface area contributed by atoms with Gasteiger partial charge in [-0.05, 0) is 6.07 Å². The number of carbonyl (C=O) groups is 1. The van der Waals surface area contributed by atoms with E-state index in [9.17, 15) is 4.79 Å². The Hall–Kier alpha value is -0.770. The van der Waals surface area contributed by atoms with Crippen molar-refractivity contribution in [1.82, 2.24) is 0 Å². The van der Waals surface area contributed by atoms with Gasteiger partial charge >= 0.3 is 0 Å². The zero-order valence-corrected chi connectivity index (χ0v) is 8.89. The molecule has 0 saturated carbocycles. The van der Waals surface area contributed by atoms with Gasteiger partial charge in [0.2, 0.25) is 0 Å². The predicted octanol–water partition coefficient (Wildman–Crippen LogP) is 2.18. The molecule has 5 heteroatoms. The number of Topliss-reactive ketones (excluding diaryl/α,β-unsaturated/α-hetero) is 1. The third-order valence-electron chi connectivity index (χ3n) is 1.69. The molecule has 0 heterocycles. The number of rotatable bonds is 3. The zero-order chi connectivity index (χ0) is 10.7. The van der Waals surface area contributed by atoms with Crippen molar-refractivity contribution in [2.45, 2.75) is 0 Å². The van der Waals surface area contributed by atoms with Gasteiger partial charge in [-0.25, -0.2) is 0 Å². The van der Waals surface area contributed by atoms with Crippen molar-refractivity contribution in [2.24, 2.45) is 0 Å². The van der Waals surface area contributed by atoms with Crippen LogP contribution in [0.15, 0.2) is 12.1 Å². The summed E-state index contributed by atoms with van der Waals surface area (Å²) >= 11 is 11.6. The lowest BCUT2D eigenvalue weighted by molar-refractivity contribution is 0.0904. The molecule has 0 aliphatic heterocycles. The van der Waals surface area contributed by atoms with E-state index in [0.717, 1.165) is 0 Å². The van der Waals surface area contributed by atoms with Crippen molar-refractivity contribution < 1.29 is 14.6 Å². The van der Waals surface area contributed by atoms with Gasteiger partial charge in [0.25, 0.3) is 0 Å². The molecule has 76 valence electrons. The van der Waals surface area contributed by atoms with Crippen LogP contribution in [0.2, 0.25) is 10.0 Å². The van der Waals surface area contributed by atoms with E-state index in [1.54, 1.807) is 0 Å². The lowest BCUT2D eigenvalue weighted by atomic mass is 10.1. The molecule has 0 aromatic heterocycles. The Morgan fingerprint density at radius 3 is 2.57 bits per heavy atom. The molecule has 0 unspecified atom stereocenters. The van der Waals surface area contributed by atoms with E-state index in [4.69, 9.17) is 33.0 Å². The fraction of sp³-hybridized carbons (Fsp3) is 0.222. The summed E-state index contributed by atoms with van der Waals surface area (Å²) in [6.45, 7) is -0.595. The molecule has 3 nitrogen and oxygen atoms in total. The van der Waals surface area contributed by atoms with E-state index in [2.05, 4.69) is 0 Å². The van der Waals surface area contributed by atoms with E-state index < -0.39 is 12.4 Å². The summed E-state index contributed by atoms with van der Waals surface area (Å²) in [7, 11) is 1.45. The highest BCUT2D eigenvalue weighted by atomic mass is 35.5. The first-order chi connectivity index (χ1) is 6.60. The second-order valence-electron chi connectivity index (χ2n) is 2.55. The van der Waals surface area contributed by atoms with Crippen molar-refractivity contribution >= 4 is 29.0 Å². The standard InChI is InChI=1S/C9H8Cl2O3/c1-14-9-3-6(10)5(2-7(9)11)8(13)4-12/h2-3,12H,4H2,1H3. The number of ether oxygens (including phenoxy) is 1. The van der Waals surface area contributed by atoms with Crippen molar-refractivity contribution in [3.8, 4) is 5.75 Å². The number of benzene rings is 1. The number of ketones is 1. The summed E-state index contributed by atoms with van der Waals surface area (Å²) in [6.07, 6.45) is 0. The van der Waals surface area contributed by atoms with Crippen LogP contribution < -0.4 is 4.74 Å². The third kappa shape index (κ3) is 2.18. The van der Waals surface area contributed by atoms with Crippen molar-refractivity contribution in [1.29, 1.82) is 0 Å². The Labute approximate surface area is 91.2 Å². The fourth-order valence-corrected chi connectivity index (χ4v) is 1.48. The molecular weight excluding hydrogens is 227 g/mol. The van der Waals surface area contributed by atoms with Crippen LogP contribution in [0.4, 0.5) is 0 Å². The largest absolute Gasteiger partial charge is 0.495 e. The Bertz CT molecular complexity index is 363. The molecule has 14 heavy (non-hydrogen) atoms. The van der Waals surface area contributed by atoms with Gasteiger partial charge in [-0.1, -0.05) is 23.2 Å². The Morgan fingerprint density at radius 2 is 2.07 bits per heavy atom. The maximum absolute atomic E-state index is 11.2. The Kier molecular flexibility index (Phi) is 3.75. The highest BCUT2D eigenvalue weighted by molar-refractivity contribution is 6.36. The maximum Gasteiger partial charge on any atom is 0.189 e. The molecule has 0 radical (unpaired) electrons. The van der Waals surface area contributed by atoms with Gasteiger partial charge in [-0.3, -0.25) is 4.79 Å². The summed E-state index contributed by atoms with van der Waals surface area (Å²) in [4.78, 5) is 11.2. The van der Waals surface area contributed by atoms with Crippen LogP contribution in [-0.4, -0.2) is 24.6 Å². The second-order valence-corrected chi connectivity index (χ2v) is 3.36. The fourth-order valence-electron chi connectivity index (χ4n) is 0.984.